The van der Waals surface area contributed by atoms with Crippen LogP contribution in [0.15, 0.2) is 15.9 Å². The van der Waals surface area contributed by atoms with Crippen molar-refractivity contribution in [2.45, 2.75) is 24.1 Å². The SMILES string of the molecule is CC(C)NS(=O)(=O)c1cncs1. The zero-order chi connectivity index (χ0) is 9.19. The fraction of sp³-hybridized carbons (Fsp3) is 0.500. The second-order valence-electron chi connectivity index (χ2n) is 2.60. The largest absolute Gasteiger partial charge is 0.252 e. The summed E-state index contributed by atoms with van der Waals surface area (Å²) in [5, 5.41) is 0. The molecule has 0 fully saturated rings. The topological polar surface area (TPSA) is 59.1 Å². The van der Waals surface area contributed by atoms with Crippen molar-refractivity contribution in [1.29, 1.82) is 0 Å². The molecule has 4 nitrogen and oxygen atoms in total. The van der Waals surface area contributed by atoms with Crippen molar-refractivity contribution < 1.29 is 8.42 Å². The summed E-state index contributed by atoms with van der Waals surface area (Å²) in [6.45, 7) is 3.55. The van der Waals surface area contributed by atoms with E-state index in [0.29, 0.717) is 0 Å². The quantitative estimate of drug-likeness (QED) is 0.797. The average Bonchev–Trinajstić information content (AvgIpc) is 2.32. The lowest BCUT2D eigenvalue weighted by molar-refractivity contribution is 0.572. The van der Waals surface area contributed by atoms with Crippen molar-refractivity contribution in [3.05, 3.63) is 11.7 Å². The molecule has 12 heavy (non-hydrogen) atoms. The minimum atomic E-state index is -3.31. The van der Waals surface area contributed by atoms with Crippen molar-refractivity contribution in [2.24, 2.45) is 0 Å². The Morgan fingerprint density at radius 1 is 1.58 bits per heavy atom. The van der Waals surface area contributed by atoms with E-state index in [1.54, 1.807) is 13.8 Å². The zero-order valence-corrected chi connectivity index (χ0v) is 8.45. The summed E-state index contributed by atoms with van der Waals surface area (Å²) in [6.07, 6.45) is 1.34. The predicted molar refractivity (Wildman–Crippen MR) is 47.6 cm³/mol. The van der Waals surface area contributed by atoms with Gasteiger partial charge < -0.3 is 0 Å². The normalized spacial score (nSPS) is 12.2. The molecule has 1 rings (SSSR count). The molecule has 0 atom stereocenters. The summed E-state index contributed by atoms with van der Waals surface area (Å²) in [5.74, 6) is 0. The molecule has 1 aromatic heterocycles. The van der Waals surface area contributed by atoms with E-state index in [2.05, 4.69) is 9.71 Å². The first-order valence-corrected chi connectivity index (χ1v) is 5.79. The number of aromatic nitrogens is 1. The van der Waals surface area contributed by atoms with Gasteiger partial charge in [-0.15, -0.1) is 11.3 Å². The zero-order valence-electron chi connectivity index (χ0n) is 6.81. The van der Waals surface area contributed by atoms with Crippen LogP contribution in [-0.4, -0.2) is 19.4 Å². The molecule has 0 amide bonds. The van der Waals surface area contributed by atoms with E-state index in [1.807, 2.05) is 0 Å². The lowest BCUT2D eigenvalue weighted by atomic mass is 10.4. The molecule has 6 heteroatoms. The van der Waals surface area contributed by atoms with Gasteiger partial charge in [0.1, 0.15) is 0 Å². The summed E-state index contributed by atoms with van der Waals surface area (Å²) in [4.78, 5) is 3.70. The van der Waals surface area contributed by atoms with Crippen molar-refractivity contribution in [3.8, 4) is 0 Å². The molecular weight excluding hydrogens is 196 g/mol. The molecule has 0 radical (unpaired) electrons. The van der Waals surface area contributed by atoms with Crippen LogP contribution in [0, 0.1) is 0 Å². The van der Waals surface area contributed by atoms with Gasteiger partial charge in [0.05, 0.1) is 11.7 Å². The molecule has 0 saturated heterocycles. The molecule has 0 spiro atoms. The number of hydrogen-bond donors (Lipinski definition) is 1. The Morgan fingerprint density at radius 3 is 2.67 bits per heavy atom. The van der Waals surface area contributed by atoms with Gasteiger partial charge in [-0.05, 0) is 13.8 Å². The van der Waals surface area contributed by atoms with Crippen LogP contribution in [-0.2, 0) is 10.0 Å². The molecule has 0 aliphatic carbocycles. The second-order valence-corrected chi connectivity index (χ2v) is 5.42. The molecule has 0 aliphatic rings. The number of rotatable bonds is 3. The molecule has 0 unspecified atom stereocenters. The van der Waals surface area contributed by atoms with Crippen LogP contribution in [0.1, 0.15) is 13.8 Å². The van der Waals surface area contributed by atoms with Gasteiger partial charge in [0.15, 0.2) is 4.21 Å². The summed E-state index contributed by atoms with van der Waals surface area (Å²) in [5.41, 5.74) is 1.49. The van der Waals surface area contributed by atoms with Crippen LogP contribution in [0.2, 0.25) is 0 Å². The van der Waals surface area contributed by atoms with E-state index in [0.717, 1.165) is 11.3 Å². The fourth-order valence-electron chi connectivity index (χ4n) is 0.705. The van der Waals surface area contributed by atoms with Crippen molar-refractivity contribution in [1.82, 2.24) is 9.71 Å². The van der Waals surface area contributed by atoms with Crippen LogP contribution >= 0.6 is 11.3 Å². The van der Waals surface area contributed by atoms with Gasteiger partial charge in [-0.3, -0.25) is 4.98 Å². The molecular formula is C6H10N2O2S2. The van der Waals surface area contributed by atoms with E-state index < -0.39 is 10.0 Å². The van der Waals surface area contributed by atoms with Crippen LogP contribution in [0.5, 0.6) is 0 Å². The van der Waals surface area contributed by atoms with Crippen molar-refractivity contribution >= 4 is 21.4 Å². The Kier molecular flexibility index (Phi) is 2.81. The van der Waals surface area contributed by atoms with E-state index in [4.69, 9.17) is 0 Å². The fourth-order valence-corrected chi connectivity index (χ4v) is 2.77. The summed E-state index contributed by atoms with van der Waals surface area (Å²) in [7, 11) is -3.31. The number of thiazole rings is 1. The molecule has 1 aromatic rings. The van der Waals surface area contributed by atoms with Crippen LogP contribution in [0.4, 0.5) is 0 Å². The Hall–Kier alpha value is -0.460. The summed E-state index contributed by atoms with van der Waals surface area (Å²) < 4.78 is 25.5. The lowest BCUT2D eigenvalue weighted by Gasteiger charge is -2.06. The van der Waals surface area contributed by atoms with E-state index in [9.17, 15) is 8.42 Å². The van der Waals surface area contributed by atoms with Crippen molar-refractivity contribution in [3.63, 3.8) is 0 Å². The van der Waals surface area contributed by atoms with Crippen LogP contribution in [0.3, 0.4) is 0 Å². The first-order chi connectivity index (χ1) is 5.52. The molecule has 1 heterocycles. The summed E-state index contributed by atoms with van der Waals surface area (Å²) in [6, 6.07) is -0.0860. The summed E-state index contributed by atoms with van der Waals surface area (Å²) >= 11 is 1.11. The maximum Gasteiger partial charge on any atom is 0.251 e. The second kappa shape index (κ2) is 3.51. The number of hydrogen-bond acceptors (Lipinski definition) is 4. The number of nitrogens with zero attached hydrogens (tertiary/aromatic N) is 1. The minimum absolute atomic E-state index is 0.0860. The molecule has 0 aliphatic heterocycles. The third-order valence-corrected chi connectivity index (χ3v) is 3.99. The molecule has 1 N–H and O–H groups in total. The third-order valence-electron chi connectivity index (χ3n) is 1.07. The Balaban J connectivity index is 2.88. The highest BCUT2D eigenvalue weighted by Gasteiger charge is 2.16. The molecule has 68 valence electrons. The average molecular weight is 206 g/mol. The van der Waals surface area contributed by atoms with Crippen LogP contribution in [0.25, 0.3) is 0 Å². The first-order valence-electron chi connectivity index (χ1n) is 3.43. The third kappa shape index (κ3) is 2.26. The lowest BCUT2D eigenvalue weighted by Crippen LogP contribution is -2.29. The van der Waals surface area contributed by atoms with Gasteiger partial charge in [-0.1, -0.05) is 0 Å². The highest BCUT2D eigenvalue weighted by Crippen LogP contribution is 2.13. The smallest absolute Gasteiger partial charge is 0.251 e. The highest BCUT2D eigenvalue weighted by atomic mass is 32.2. The van der Waals surface area contributed by atoms with E-state index in [-0.39, 0.29) is 10.3 Å². The monoisotopic (exact) mass is 206 g/mol. The van der Waals surface area contributed by atoms with E-state index >= 15 is 0 Å². The highest BCUT2D eigenvalue weighted by molar-refractivity contribution is 7.91. The molecule has 0 bridgehead atoms. The van der Waals surface area contributed by atoms with Gasteiger partial charge >= 0.3 is 0 Å². The number of sulfonamides is 1. The van der Waals surface area contributed by atoms with Gasteiger partial charge in [0.25, 0.3) is 10.0 Å². The van der Waals surface area contributed by atoms with Gasteiger partial charge in [0.2, 0.25) is 0 Å². The number of nitrogens with one attached hydrogen (secondary N) is 1. The van der Waals surface area contributed by atoms with Gasteiger partial charge in [-0.25, -0.2) is 13.1 Å². The maximum atomic E-state index is 11.4. The van der Waals surface area contributed by atoms with Gasteiger partial charge in [0, 0.05) is 6.04 Å². The predicted octanol–water partition coefficient (Wildman–Crippen LogP) is 0.830. The Labute approximate surface area is 75.7 Å². The Bertz CT molecular complexity index is 328. The van der Waals surface area contributed by atoms with Crippen LogP contribution < -0.4 is 4.72 Å². The standard InChI is InChI=1S/C6H10N2O2S2/c1-5(2)8-12(9,10)6-3-7-4-11-6/h3-5,8H,1-2H3. The minimum Gasteiger partial charge on any atom is -0.252 e. The Morgan fingerprint density at radius 2 is 2.25 bits per heavy atom. The first kappa shape index (κ1) is 9.63. The molecule has 0 saturated carbocycles. The maximum absolute atomic E-state index is 11.4. The van der Waals surface area contributed by atoms with Gasteiger partial charge in [-0.2, -0.15) is 0 Å². The molecule has 0 aromatic carbocycles. The van der Waals surface area contributed by atoms with E-state index in [1.165, 1.54) is 11.7 Å². The van der Waals surface area contributed by atoms with Crippen molar-refractivity contribution in [2.75, 3.05) is 0 Å².